The minimum absolute atomic E-state index is 0.167. The van der Waals surface area contributed by atoms with E-state index >= 15 is 0 Å². The molecule has 1 rings (SSSR count). The van der Waals surface area contributed by atoms with Crippen molar-refractivity contribution >= 4 is 5.91 Å². The van der Waals surface area contributed by atoms with Crippen LogP contribution in [0.15, 0.2) is 0 Å². The van der Waals surface area contributed by atoms with Gasteiger partial charge in [0.05, 0.1) is 6.10 Å². The standard InChI is InChI=1S/C13H26N2O2/c1-11(17-3)7-8-13(16)15(2)10-12-6-4-5-9-14-12/h11-12,14H,4-10H2,1-3H3. The molecular formula is C13H26N2O2. The molecule has 2 unspecified atom stereocenters. The van der Waals surface area contributed by atoms with Gasteiger partial charge in [-0.15, -0.1) is 0 Å². The Bertz CT molecular complexity index is 227. The zero-order chi connectivity index (χ0) is 12.7. The zero-order valence-electron chi connectivity index (χ0n) is 11.4. The lowest BCUT2D eigenvalue weighted by molar-refractivity contribution is -0.130. The lowest BCUT2D eigenvalue weighted by Gasteiger charge is -2.28. The molecule has 1 heterocycles. The highest BCUT2D eigenvalue weighted by atomic mass is 16.5. The van der Waals surface area contributed by atoms with Crippen LogP contribution in [-0.2, 0) is 9.53 Å². The van der Waals surface area contributed by atoms with Crippen LogP contribution in [0.1, 0.15) is 39.0 Å². The minimum atomic E-state index is 0.167. The van der Waals surface area contributed by atoms with Crippen LogP contribution >= 0.6 is 0 Å². The van der Waals surface area contributed by atoms with Crippen molar-refractivity contribution in [1.29, 1.82) is 0 Å². The third-order valence-electron chi connectivity index (χ3n) is 3.50. The number of rotatable bonds is 6. The topological polar surface area (TPSA) is 41.6 Å². The summed E-state index contributed by atoms with van der Waals surface area (Å²) in [6, 6.07) is 0.484. The van der Waals surface area contributed by atoms with Crippen molar-refractivity contribution in [3.8, 4) is 0 Å². The number of nitrogens with one attached hydrogen (secondary N) is 1. The Morgan fingerprint density at radius 1 is 1.53 bits per heavy atom. The maximum absolute atomic E-state index is 11.9. The summed E-state index contributed by atoms with van der Waals surface area (Å²) in [6.07, 6.45) is 5.28. The number of carbonyl (C=O) groups is 1. The van der Waals surface area contributed by atoms with Crippen molar-refractivity contribution < 1.29 is 9.53 Å². The van der Waals surface area contributed by atoms with E-state index in [9.17, 15) is 4.79 Å². The Morgan fingerprint density at radius 2 is 2.29 bits per heavy atom. The highest BCUT2D eigenvalue weighted by Gasteiger charge is 2.17. The van der Waals surface area contributed by atoms with E-state index < -0.39 is 0 Å². The third kappa shape index (κ3) is 5.50. The number of piperidine rings is 1. The van der Waals surface area contributed by atoms with Crippen LogP contribution in [0.4, 0.5) is 0 Å². The molecule has 0 aliphatic carbocycles. The molecule has 1 aliphatic heterocycles. The lowest BCUT2D eigenvalue weighted by Crippen LogP contribution is -2.44. The van der Waals surface area contributed by atoms with Gasteiger partial charge in [-0.2, -0.15) is 0 Å². The number of hydrogen-bond donors (Lipinski definition) is 1. The zero-order valence-corrected chi connectivity index (χ0v) is 11.4. The van der Waals surface area contributed by atoms with Gasteiger partial charge in [0.2, 0.25) is 5.91 Å². The second kappa shape index (κ2) is 7.67. The smallest absolute Gasteiger partial charge is 0.222 e. The van der Waals surface area contributed by atoms with Crippen LogP contribution in [0.5, 0.6) is 0 Å². The van der Waals surface area contributed by atoms with Crippen LogP contribution in [0.2, 0.25) is 0 Å². The summed E-state index contributed by atoms with van der Waals surface area (Å²) in [5.41, 5.74) is 0. The summed E-state index contributed by atoms with van der Waals surface area (Å²) >= 11 is 0. The van der Waals surface area contributed by atoms with E-state index in [1.54, 1.807) is 7.11 Å². The van der Waals surface area contributed by atoms with Gasteiger partial charge in [-0.25, -0.2) is 0 Å². The van der Waals surface area contributed by atoms with Gasteiger partial charge in [0.15, 0.2) is 0 Å². The number of amides is 1. The van der Waals surface area contributed by atoms with Crippen molar-refractivity contribution in [2.45, 2.75) is 51.2 Å². The predicted molar refractivity (Wildman–Crippen MR) is 69.0 cm³/mol. The van der Waals surface area contributed by atoms with E-state index in [0.29, 0.717) is 12.5 Å². The molecule has 0 aromatic heterocycles. The summed E-state index contributed by atoms with van der Waals surface area (Å²) in [5.74, 6) is 0.223. The lowest BCUT2D eigenvalue weighted by atomic mass is 10.0. The summed E-state index contributed by atoms with van der Waals surface area (Å²) < 4.78 is 5.15. The summed E-state index contributed by atoms with van der Waals surface area (Å²) in [7, 11) is 3.58. The fourth-order valence-electron chi connectivity index (χ4n) is 2.15. The van der Waals surface area contributed by atoms with E-state index in [4.69, 9.17) is 4.74 Å². The van der Waals surface area contributed by atoms with Crippen molar-refractivity contribution in [3.05, 3.63) is 0 Å². The first-order chi connectivity index (χ1) is 8.13. The molecule has 1 aliphatic rings. The molecule has 0 spiro atoms. The number of ether oxygens (including phenoxy) is 1. The van der Waals surface area contributed by atoms with Gasteiger partial charge in [-0.05, 0) is 32.7 Å². The Labute approximate surface area is 105 Å². The van der Waals surface area contributed by atoms with Crippen LogP contribution < -0.4 is 5.32 Å². The fourth-order valence-corrected chi connectivity index (χ4v) is 2.15. The molecule has 0 saturated carbocycles. The van der Waals surface area contributed by atoms with Gasteiger partial charge < -0.3 is 15.0 Å². The van der Waals surface area contributed by atoms with Crippen molar-refractivity contribution in [2.75, 3.05) is 27.2 Å². The molecule has 0 radical (unpaired) electrons. The monoisotopic (exact) mass is 242 g/mol. The first-order valence-electron chi connectivity index (χ1n) is 6.63. The molecule has 0 bridgehead atoms. The van der Waals surface area contributed by atoms with E-state index in [-0.39, 0.29) is 12.0 Å². The SMILES string of the molecule is COC(C)CCC(=O)N(C)CC1CCCCN1. The van der Waals surface area contributed by atoms with Crippen LogP contribution in [-0.4, -0.2) is 50.2 Å². The van der Waals surface area contributed by atoms with E-state index in [2.05, 4.69) is 5.32 Å². The second-order valence-electron chi connectivity index (χ2n) is 5.01. The van der Waals surface area contributed by atoms with Crippen molar-refractivity contribution in [1.82, 2.24) is 10.2 Å². The van der Waals surface area contributed by atoms with E-state index in [1.165, 1.54) is 19.3 Å². The molecule has 0 aromatic rings. The van der Waals surface area contributed by atoms with Gasteiger partial charge in [0, 0.05) is 33.2 Å². The Hall–Kier alpha value is -0.610. The largest absolute Gasteiger partial charge is 0.382 e. The number of carbonyl (C=O) groups excluding carboxylic acids is 1. The molecule has 1 fully saturated rings. The van der Waals surface area contributed by atoms with Crippen LogP contribution in [0, 0.1) is 0 Å². The van der Waals surface area contributed by atoms with Gasteiger partial charge in [0.1, 0.15) is 0 Å². The quantitative estimate of drug-likeness (QED) is 0.765. The minimum Gasteiger partial charge on any atom is -0.382 e. The Morgan fingerprint density at radius 3 is 2.88 bits per heavy atom. The average Bonchev–Trinajstić information content (AvgIpc) is 2.36. The fraction of sp³-hybridized carbons (Fsp3) is 0.923. The molecule has 2 atom stereocenters. The molecule has 1 amide bonds. The number of hydrogen-bond acceptors (Lipinski definition) is 3. The molecule has 1 N–H and O–H groups in total. The molecule has 0 aromatic carbocycles. The summed E-state index contributed by atoms with van der Waals surface area (Å²) in [6.45, 7) is 3.92. The molecular weight excluding hydrogens is 216 g/mol. The predicted octanol–water partition coefficient (Wildman–Crippen LogP) is 1.40. The first-order valence-corrected chi connectivity index (χ1v) is 6.63. The van der Waals surface area contributed by atoms with E-state index in [1.807, 2.05) is 18.9 Å². The summed E-state index contributed by atoms with van der Waals surface area (Å²) in [5, 5.41) is 3.46. The normalized spacial score (nSPS) is 22.2. The molecule has 4 heteroatoms. The highest BCUT2D eigenvalue weighted by molar-refractivity contribution is 5.75. The van der Waals surface area contributed by atoms with Crippen molar-refractivity contribution in [3.63, 3.8) is 0 Å². The average molecular weight is 242 g/mol. The summed E-state index contributed by atoms with van der Waals surface area (Å²) in [4.78, 5) is 13.7. The number of likely N-dealkylation sites (N-methyl/N-ethyl adjacent to an activating group) is 1. The maximum atomic E-state index is 11.9. The third-order valence-corrected chi connectivity index (χ3v) is 3.50. The Balaban J connectivity index is 2.21. The van der Waals surface area contributed by atoms with Crippen LogP contribution in [0.25, 0.3) is 0 Å². The molecule has 17 heavy (non-hydrogen) atoms. The first kappa shape index (κ1) is 14.5. The van der Waals surface area contributed by atoms with Crippen molar-refractivity contribution in [2.24, 2.45) is 0 Å². The van der Waals surface area contributed by atoms with Gasteiger partial charge in [-0.3, -0.25) is 4.79 Å². The molecule has 4 nitrogen and oxygen atoms in total. The maximum Gasteiger partial charge on any atom is 0.222 e. The molecule has 1 saturated heterocycles. The van der Waals surface area contributed by atoms with Gasteiger partial charge >= 0.3 is 0 Å². The van der Waals surface area contributed by atoms with Gasteiger partial charge in [-0.1, -0.05) is 6.42 Å². The number of methoxy groups -OCH3 is 1. The highest BCUT2D eigenvalue weighted by Crippen LogP contribution is 2.09. The van der Waals surface area contributed by atoms with E-state index in [0.717, 1.165) is 19.5 Å². The number of nitrogens with zero attached hydrogens (tertiary/aromatic N) is 1. The molecule has 100 valence electrons. The Kier molecular flexibility index (Phi) is 6.52. The second-order valence-corrected chi connectivity index (χ2v) is 5.01. The van der Waals surface area contributed by atoms with Crippen LogP contribution in [0.3, 0.4) is 0 Å². The van der Waals surface area contributed by atoms with Gasteiger partial charge in [0.25, 0.3) is 0 Å².